The predicted octanol–water partition coefficient (Wildman–Crippen LogP) is 3.52. The fourth-order valence-electron chi connectivity index (χ4n) is 3.52. The lowest BCUT2D eigenvalue weighted by molar-refractivity contribution is 0.407. The first-order chi connectivity index (χ1) is 12.2. The molecule has 0 atom stereocenters. The molecule has 25 heavy (non-hydrogen) atoms. The number of aromatic nitrogens is 2. The molecule has 0 saturated carbocycles. The smallest absolute Gasteiger partial charge is 0.140 e. The van der Waals surface area contributed by atoms with Crippen molar-refractivity contribution in [3.63, 3.8) is 0 Å². The van der Waals surface area contributed by atoms with Gasteiger partial charge in [-0.05, 0) is 43.2 Å². The third-order valence-electron chi connectivity index (χ3n) is 4.74. The third kappa shape index (κ3) is 2.76. The molecule has 0 fully saturated rings. The van der Waals surface area contributed by atoms with Crippen LogP contribution in [-0.4, -0.2) is 30.7 Å². The molecule has 0 unspecified atom stereocenters. The maximum atomic E-state index is 5.51. The van der Waals surface area contributed by atoms with E-state index in [1.165, 1.54) is 11.1 Å². The second-order valence-electron chi connectivity index (χ2n) is 6.25. The average molecular weight is 335 g/mol. The van der Waals surface area contributed by atoms with Crippen LogP contribution in [0, 0.1) is 6.92 Å². The van der Waals surface area contributed by atoms with E-state index in [9.17, 15) is 0 Å². The van der Waals surface area contributed by atoms with Crippen molar-refractivity contribution in [3.05, 3.63) is 53.3 Å². The summed E-state index contributed by atoms with van der Waals surface area (Å²) < 4.78 is 10.9. The van der Waals surface area contributed by atoms with Gasteiger partial charge in [0.2, 0.25) is 0 Å². The Balaban J connectivity index is 1.79. The van der Waals surface area contributed by atoms with E-state index < -0.39 is 0 Å². The number of benzene rings is 2. The number of hydrogen-bond donors (Lipinski definition) is 0. The minimum absolute atomic E-state index is 0.782. The van der Waals surface area contributed by atoms with E-state index in [0.717, 1.165) is 53.6 Å². The summed E-state index contributed by atoms with van der Waals surface area (Å²) in [4.78, 5) is 11.6. The van der Waals surface area contributed by atoms with Crippen molar-refractivity contribution in [2.75, 3.05) is 25.7 Å². The van der Waals surface area contributed by atoms with Gasteiger partial charge in [-0.25, -0.2) is 9.97 Å². The Kier molecular flexibility index (Phi) is 3.92. The van der Waals surface area contributed by atoms with E-state index >= 15 is 0 Å². The van der Waals surface area contributed by atoms with Gasteiger partial charge in [0.25, 0.3) is 0 Å². The minimum Gasteiger partial charge on any atom is -0.497 e. The zero-order valence-corrected chi connectivity index (χ0v) is 14.7. The fourth-order valence-corrected chi connectivity index (χ4v) is 3.52. The number of aryl methyl sites for hydroxylation is 1. The van der Waals surface area contributed by atoms with E-state index in [-0.39, 0.29) is 0 Å². The lowest BCUT2D eigenvalue weighted by Gasteiger charge is -2.31. The summed E-state index contributed by atoms with van der Waals surface area (Å²) in [5.74, 6) is 3.54. The molecular formula is C20H21N3O2. The number of methoxy groups -OCH3 is 2. The number of fused-ring (bicyclic) bond motifs is 2. The van der Waals surface area contributed by atoms with E-state index in [1.54, 1.807) is 14.2 Å². The highest BCUT2D eigenvalue weighted by Crippen LogP contribution is 2.33. The Morgan fingerprint density at radius 3 is 2.72 bits per heavy atom. The predicted molar refractivity (Wildman–Crippen MR) is 98.6 cm³/mol. The second kappa shape index (κ2) is 6.24. The van der Waals surface area contributed by atoms with Crippen molar-refractivity contribution in [1.82, 2.24) is 9.97 Å². The standard InChI is InChI=1S/C20H21N3O2/c1-13-21-18-8-7-15(24-2)11-17(18)20(22-13)23-10-9-16-14(12-23)5-4-6-19(16)25-3/h4-8,11H,9-10,12H2,1-3H3. The van der Waals surface area contributed by atoms with Gasteiger partial charge in [0, 0.05) is 24.0 Å². The van der Waals surface area contributed by atoms with Crippen LogP contribution in [0.5, 0.6) is 11.5 Å². The van der Waals surface area contributed by atoms with Crippen LogP contribution >= 0.6 is 0 Å². The third-order valence-corrected chi connectivity index (χ3v) is 4.74. The van der Waals surface area contributed by atoms with Crippen molar-refractivity contribution >= 4 is 16.7 Å². The Hall–Kier alpha value is -2.82. The lowest BCUT2D eigenvalue weighted by atomic mass is 9.98. The molecule has 1 aliphatic heterocycles. The van der Waals surface area contributed by atoms with Crippen LogP contribution in [0.1, 0.15) is 17.0 Å². The molecule has 128 valence electrons. The van der Waals surface area contributed by atoms with Gasteiger partial charge in [-0.2, -0.15) is 0 Å². The van der Waals surface area contributed by atoms with Gasteiger partial charge in [0.15, 0.2) is 0 Å². The highest BCUT2D eigenvalue weighted by Gasteiger charge is 2.22. The van der Waals surface area contributed by atoms with Gasteiger partial charge >= 0.3 is 0 Å². The second-order valence-corrected chi connectivity index (χ2v) is 6.25. The zero-order chi connectivity index (χ0) is 17.4. The monoisotopic (exact) mass is 335 g/mol. The van der Waals surface area contributed by atoms with Gasteiger partial charge in [-0.3, -0.25) is 0 Å². The molecule has 4 rings (SSSR count). The van der Waals surface area contributed by atoms with Crippen molar-refractivity contribution < 1.29 is 9.47 Å². The van der Waals surface area contributed by atoms with E-state index in [0.29, 0.717) is 0 Å². The lowest BCUT2D eigenvalue weighted by Crippen LogP contribution is -2.31. The first-order valence-corrected chi connectivity index (χ1v) is 8.41. The van der Waals surface area contributed by atoms with Crippen molar-refractivity contribution in [1.29, 1.82) is 0 Å². The average Bonchev–Trinajstić information content (AvgIpc) is 2.66. The molecule has 5 nitrogen and oxygen atoms in total. The van der Waals surface area contributed by atoms with Crippen LogP contribution in [0.4, 0.5) is 5.82 Å². The summed E-state index contributed by atoms with van der Waals surface area (Å²) in [5, 5.41) is 1.02. The van der Waals surface area contributed by atoms with Crippen LogP contribution < -0.4 is 14.4 Å². The minimum atomic E-state index is 0.782. The van der Waals surface area contributed by atoms with Gasteiger partial charge in [0.05, 0.1) is 19.7 Å². The highest BCUT2D eigenvalue weighted by atomic mass is 16.5. The molecule has 2 aromatic carbocycles. The Labute approximate surface area is 147 Å². The van der Waals surface area contributed by atoms with Crippen LogP contribution in [0.3, 0.4) is 0 Å². The van der Waals surface area contributed by atoms with Gasteiger partial charge in [-0.15, -0.1) is 0 Å². The van der Waals surface area contributed by atoms with Crippen LogP contribution in [0.15, 0.2) is 36.4 Å². The first-order valence-electron chi connectivity index (χ1n) is 8.41. The first kappa shape index (κ1) is 15.7. The SMILES string of the molecule is COc1ccc2nc(C)nc(N3CCc4c(cccc4OC)C3)c2c1. The maximum absolute atomic E-state index is 5.51. The molecule has 5 heteroatoms. The van der Waals surface area contributed by atoms with Crippen molar-refractivity contribution in [2.24, 2.45) is 0 Å². The molecular weight excluding hydrogens is 314 g/mol. The van der Waals surface area contributed by atoms with E-state index in [2.05, 4.69) is 16.0 Å². The Morgan fingerprint density at radius 1 is 1.04 bits per heavy atom. The number of ether oxygens (including phenoxy) is 2. The van der Waals surface area contributed by atoms with Crippen LogP contribution in [0.25, 0.3) is 10.9 Å². The normalized spacial score (nSPS) is 13.6. The molecule has 0 aliphatic carbocycles. The molecule has 0 N–H and O–H groups in total. The van der Waals surface area contributed by atoms with Crippen LogP contribution in [0.2, 0.25) is 0 Å². The Morgan fingerprint density at radius 2 is 1.92 bits per heavy atom. The topological polar surface area (TPSA) is 47.5 Å². The molecule has 0 saturated heterocycles. The van der Waals surface area contributed by atoms with Crippen molar-refractivity contribution in [2.45, 2.75) is 19.9 Å². The zero-order valence-electron chi connectivity index (χ0n) is 14.7. The molecule has 0 radical (unpaired) electrons. The van der Waals surface area contributed by atoms with E-state index in [4.69, 9.17) is 14.5 Å². The summed E-state index contributed by atoms with van der Waals surface area (Å²) in [6.07, 6.45) is 0.938. The summed E-state index contributed by atoms with van der Waals surface area (Å²) in [6, 6.07) is 12.2. The molecule has 0 amide bonds. The number of anilines is 1. The van der Waals surface area contributed by atoms with Gasteiger partial charge in [-0.1, -0.05) is 12.1 Å². The molecule has 1 aliphatic rings. The molecule has 3 aromatic rings. The largest absolute Gasteiger partial charge is 0.497 e. The number of rotatable bonds is 3. The van der Waals surface area contributed by atoms with Gasteiger partial charge < -0.3 is 14.4 Å². The van der Waals surface area contributed by atoms with Crippen molar-refractivity contribution in [3.8, 4) is 11.5 Å². The summed E-state index contributed by atoms with van der Waals surface area (Å²) in [5.41, 5.74) is 3.53. The summed E-state index contributed by atoms with van der Waals surface area (Å²) in [6.45, 7) is 3.65. The molecule has 0 spiro atoms. The van der Waals surface area contributed by atoms with Crippen LogP contribution in [-0.2, 0) is 13.0 Å². The summed E-state index contributed by atoms with van der Waals surface area (Å²) in [7, 11) is 3.41. The maximum Gasteiger partial charge on any atom is 0.140 e. The number of nitrogens with zero attached hydrogens (tertiary/aromatic N) is 3. The fraction of sp³-hybridized carbons (Fsp3) is 0.300. The molecule has 0 bridgehead atoms. The van der Waals surface area contributed by atoms with Gasteiger partial charge in [0.1, 0.15) is 23.1 Å². The molecule has 1 aromatic heterocycles. The quantitative estimate of drug-likeness (QED) is 0.733. The Bertz CT molecular complexity index is 940. The number of hydrogen-bond acceptors (Lipinski definition) is 5. The molecule has 2 heterocycles. The summed E-state index contributed by atoms with van der Waals surface area (Å²) >= 11 is 0. The van der Waals surface area contributed by atoms with E-state index in [1.807, 2.05) is 37.3 Å². The highest BCUT2D eigenvalue weighted by molar-refractivity contribution is 5.90.